The van der Waals surface area contributed by atoms with Gasteiger partial charge in [-0.05, 0) is 75.8 Å². The van der Waals surface area contributed by atoms with E-state index in [9.17, 15) is 14.3 Å². The predicted molar refractivity (Wildman–Crippen MR) is 142 cm³/mol. The topological polar surface area (TPSA) is 95.3 Å². The van der Waals surface area contributed by atoms with E-state index < -0.39 is 11.3 Å². The van der Waals surface area contributed by atoms with Crippen LogP contribution in [0.25, 0.3) is 10.9 Å². The van der Waals surface area contributed by atoms with E-state index in [1.54, 1.807) is 16.8 Å². The molecule has 37 heavy (non-hydrogen) atoms. The van der Waals surface area contributed by atoms with Crippen LogP contribution in [0, 0.1) is 6.92 Å². The number of amides is 1. The van der Waals surface area contributed by atoms with Crippen LogP contribution in [0.2, 0.25) is 0 Å². The largest absolute Gasteiger partial charge is 0.384 e. The molecule has 8 nitrogen and oxygen atoms in total. The van der Waals surface area contributed by atoms with E-state index in [-0.39, 0.29) is 18.5 Å². The number of alkyl halides is 1. The fourth-order valence-corrected chi connectivity index (χ4v) is 5.56. The van der Waals surface area contributed by atoms with Crippen molar-refractivity contribution in [1.29, 1.82) is 0 Å². The molecular formula is C28H37FN6O2. The maximum Gasteiger partial charge on any atom is 0.239 e. The van der Waals surface area contributed by atoms with Crippen molar-refractivity contribution < 1.29 is 14.3 Å². The number of benzene rings is 1. The number of hydrogen-bond donors (Lipinski definition) is 3. The Morgan fingerprint density at radius 2 is 1.95 bits per heavy atom. The Hall–Kier alpha value is -3.04. The smallest absolute Gasteiger partial charge is 0.239 e. The number of aryl methyl sites for hydroxylation is 2. The van der Waals surface area contributed by atoms with Crippen LogP contribution >= 0.6 is 0 Å². The summed E-state index contributed by atoms with van der Waals surface area (Å²) in [5.74, 6) is 0.487. The molecule has 9 heteroatoms. The minimum atomic E-state index is -1.46. The summed E-state index contributed by atoms with van der Waals surface area (Å²) in [6.07, 6.45) is 5.04. The zero-order chi connectivity index (χ0) is 26.4. The van der Waals surface area contributed by atoms with Crippen LogP contribution in [-0.4, -0.2) is 62.4 Å². The van der Waals surface area contributed by atoms with Crippen molar-refractivity contribution in [2.75, 3.05) is 25.0 Å². The number of carbonyl (C=O) groups excluding carboxylic acids is 1. The molecule has 3 aromatic rings. The zero-order valence-corrected chi connectivity index (χ0v) is 22.1. The minimum Gasteiger partial charge on any atom is -0.384 e. The van der Waals surface area contributed by atoms with Crippen LogP contribution < -0.4 is 10.6 Å². The highest BCUT2D eigenvalue weighted by atomic mass is 19.1. The van der Waals surface area contributed by atoms with Crippen molar-refractivity contribution in [1.82, 2.24) is 25.0 Å². The third kappa shape index (κ3) is 5.33. The van der Waals surface area contributed by atoms with E-state index in [0.29, 0.717) is 30.3 Å². The Balaban J connectivity index is 1.09. The van der Waals surface area contributed by atoms with Gasteiger partial charge in [-0.1, -0.05) is 12.1 Å². The van der Waals surface area contributed by atoms with Crippen molar-refractivity contribution >= 4 is 22.6 Å². The van der Waals surface area contributed by atoms with E-state index in [2.05, 4.69) is 25.6 Å². The van der Waals surface area contributed by atoms with Crippen LogP contribution in [0.5, 0.6) is 0 Å². The minimum absolute atomic E-state index is 0.0890. The Labute approximate surface area is 217 Å². The van der Waals surface area contributed by atoms with Gasteiger partial charge in [0, 0.05) is 37.8 Å². The lowest BCUT2D eigenvalue weighted by Crippen LogP contribution is -2.63. The molecular weight excluding hydrogens is 471 g/mol. The number of aromatic nitrogens is 3. The van der Waals surface area contributed by atoms with Gasteiger partial charge in [0.25, 0.3) is 0 Å². The molecule has 0 atom stereocenters. The average Bonchev–Trinajstić information content (AvgIpc) is 3.15. The molecule has 0 spiro atoms. The summed E-state index contributed by atoms with van der Waals surface area (Å²) in [7, 11) is 1.83. The molecule has 1 aliphatic heterocycles. The van der Waals surface area contributed by atoms with Gasteiger partial charge < -0.3 is 15.7 Å². The van der Waals surface area contributed by atoms with Crippen LogP contribution in [0.1, 0.15) is 56.4 Å². The lowest BCUT2D eigenvalue weighted by Gasteiger charge is -2.48. The normalized spacial score (nSPS) is 23.1. The molecule has 1 aromatic carbocycles. The summed E-state index contributed by atoms with van der Waals surface area (Å²) in [5, 5.41) is 22.6. The average molecular weight is 509 g/mol. The molecule has 2 aromatic heterocycles. The highest BCUT2D eigenvalue weighted by Gasteiger charge is 2.41. The number of aliphatic hydroxyl groups is 1. The first kappa shape index (κ1) is 25.6. The number of halogens is 1. The van der Waals surface area contributed by atoms with Gasteiger partial charge in [0.15, 0.2) is 5.82 Å². The fraction of sp³-hybridized carbons (Fsp3) is 0.536. The molecule has 3 heterocycles. The van der Waals surface area contributed by atoms with E-state index in [1.807, 2.05) is 38.4 Å². The number of hydrogen-bond acceptors (Lipinski definition) is 6. The fourth-order valence-electron chi connectivity index (χ4n) is 5.56. The summed E-state index contributed by atoms with van der Waals surface area (Å²) >= 11 is 0. The molecule has 3 N–H and O–H groups in total. The maximum absolute atomic E-state index is 14.5. The number of anilines is 1. The van der Waals surface area contributed by atoms with Gasteiger partial charge in [-0.15, -0.1) is 0 Å². The van der Waals surface area contributed by atoms with Crippen molar-refractivity contribution in [3.63, 3.8) is 0 Å². The molecule has 2 aliphatic rings. The Bertz CT molecular complexity index is 1270. The highest BCUT2D eigenvalue weighted by molar-refractivity contribution is 5.92. The molecule has 5 rings (SSSR count). The Kier molecular flexibility index (Phi) is 6.70. The molecule has 198 valence electrons. The van der Waals surface area contributed by atoms with Crippen LogP contribution in [-0.2, 0) is 23.1 Å². The third-order valence-corrected chi connectivity index (χ3v) is 7.91. The lowest BCUT2D eigenvalue weighted by atomic mass is 9.78. The second-order valence-electron chi connectivity index (χ2n) is 11.2. The van der Waals surface area contributed by atoms with Crippen molar-refractivity contribution in [3.05, 3.63) is 53.3 Å². The van der Waals surface area contributed by atoms with Gasteiger partial charge in [-0.3, -0.25) is 19.4 Å². The molecule has 0 unspecified atom stereocenters. The highest BCUT2D eigenvalue weighted by Crippen LogP contribution is 2.38. The Morgan fingerprint density at radius 3 is 2.59 bits per heavy atom. The van der Waals surface area contributed by atoms with Gasteiger partial charge in [-0.2, -0.15) is 5.10 Å². The first-order valence-corrected chi connectivity index (χ1v) is 13.1. The number of nitrogens with zero attached hydrogens (tertiary/aromatic N) is 4. The summed E-state index contributed by atoms with van der Waals surface area (Å²) in [4.78, 5) is 19.5. The van der Waals surface area contributed by atoms with Crippen molar-refractivity contribution in [2.45, 2.75) is 69.8 Å². The first-order chi connectivity index (χ1) is 17.5. The number of pyridine rings is 1. The third-order valence-electron chi connectivity index (χ3n) is 7.91. The second-order valence-corrected chi connectivity index (χ2v) is 11.2. The molecule has 1 saturated heterocycles. The van der Waals surface area contributed by atoms with E-state index in [0.717, 1.165) is 48.1 Å². The van der Waals surface area contributed by atoms with Gasteiger partial charge >= 0.3 is 0 Å². The second kappa shape index (κ2) is 9.68. The quantitative estimate of drug-likeness (QED) is 0.452. The molecule has 0 radical (unpaired) electrons. The molecule has 2 fully saturated rings. The van der Waals surface area contributed by atoms with E-state index in [4.69, 9.17) is 0 Å². The number of likely N-dealkylation sites (tertiary alicyclic amines) is 1. The van der Waals surface area contributed by atoms with E-state index >= 15 is 0 Å². The number of fused-ring (bicyclic) bond motifs is 1. The predicted octanol–water partition coefficient (Wildman–Crippen LogP) is 3.52. The zero-order valence-electron chi connectivity index (χ0n) is 22.1. The van der Waals surface area contributed by atoms with Crippen molar-refractivity contribution in [3.8, 4) is 0 Å². The van der Waals surface area contributed by atoms with Gasteiger partial charge in [0.1, 0.15) is 11.3 Å². The summed E-state index contributed by atoms with van der Waals surface area (Å²) < 4.78 is 16.2. The summed E-state index contributed by atoms with van der Waals surface area (Å²) in [5.41, 5.74) is 1.01. The molecule has 0 bridgehead atoms. The number of nitrogens with one attached hydrogen (secondary N) is 2. The lowest BCUT2D eigenvalue weighted by molar-refractivity contribution is -0.121. The standard InChI is InChI=1S/C28H37FN6O2/c1-18-5-8-24(30-14-18)28(37)11-9-21(10-12-28)35-16-20(17-35)32-25(36)15-31-26-22-13-19(27(2,3)29)6-7-23(22)34(4)33-26/h5-8,13-14,20-21,37H,9-12,15-17H2,1-4H3,(H,31,33)(H,32,36)/t21-,28-. The number of carbonyl (C=O) groups is 1. The van der Waals surface area contributed by atoms with Crippen LogP contribution in [0.4, 0.5) is 10.2 Å². The van der Waals surface area contributed by atoms with Crippen molar-refractivity contribution in [2.24, 2.45) is 7.05 Å². The molecule has 1 amide bonds. The number of rotatable bonds is 7. The van der Waals surface area contributed by atoms with E-state index in [1.165, 1.54) is 13.8 Å². The summed E-state index contributed by atoms with van der Waals surface area (Å²) in [6.45, 7) is 6.80. The van der Waals surface area contributed by atoms with Crippen LogP contribution in [0.3, 0.4) is 0 Å². The SMILES string of the molecule is Cc1ccc([C@]2(O)CC[C@H](N3CC(NC(=O)CNc4nn(C)c5ccc(C(C)(C)F)cc45)C3)CC2)nc1. The Morgan fingerprint density at radius 1 is 1.22 bits per heavy atom. The van der Waals surface area contributed by atoms with Gasteiger partial charge in [0.2, 0.25) is 5.91 Å². The summed E-state index contributed by atoms with van der Waals surface area (Å²) in [6, 6.07) is 9.91. The van der Waals surface area contributed by atoms with Gasteiger partial charge in [-0.25, -0.2) is 4.39 Å². The first-order valence-electron chi connectivity index (χ1n) is 13.1. The molecule has 1 aliphatic carbocycles. The monoisotopic (exact) mass is 508 g/mol. The molecule has 1 saturated carbocycles. The maximum atomic E-state index is 14.5. The van der Waals surface area contributed by atoms with Crippen LogP contribution in [0.15, 0.2) is 36.5 Å². The van der Waals surface area contributed by atoms with Gasteiger partial charge in [0.05, 0.1) is 23.8 Å².